The van der Waals surface area contributed by atoms with Gasteiger partial charge in [0.25, 0.3) is 5.56 Å². The number of aromatic nitrogens is 2. The summed E-state index contributed by atoms with van der Waals surface area (Å²) in [6.07, 6.45) is 4.80. The van der Waals surface area contributed by atoms with Gasteiger partial charge in [0.15, 0.2) is 0 Å². The van der Waals surface area contributed by atoms with Crippen molar-refractivity contribution in [2.75, 3.05) is 13.1 Å². The zero-order chi connectivity index (χ0) is 21.8. The number of rotatable bonds is 7. The summed E-state index contributed by atoms with van der Waals surface area (Å²) in [6.45, 7) is 5.37. The number of para-hydroxylation sites is 1. The molecule has 0 fully saturated rings. The molecular formula is C25H30N4O2. The van der Waals surface area contributed by atoms with Crippen molar-refractivity contribution in [1.29, 1.82) is 0 Å². The third-order valence-corrected chi connectivity index (χ3v) is 6.10. The third kappa shape index (κ3) is 5.02. The summed E-state index contributed by atoms with van der Waals surface area (Å²) < 4.78 is 0. The van der Waals surface area contributed by atoms with Crippen molar-refractivity contribution >= 4 is 16.8 Å². The van der Waals surface area contributed by atoms with Crippen LogP contribution in [-0.2, 0) is 24.2 Å². The molecule has 0 radical (unpaired) electrons. The van der Waals surface area contributed by atoms with Gasteiger partial charge in [0, 0.05) is 0 Å². The smallest absolute Gasteiger partial charge is 0.258 e. The monoisotopic (exact) mass is 418 g/mol. The number of aryl methyl sites for hydroxylation is 2. The summed E-state index contributed by atoms with van der Waals surface area (Å²) in [7, 11) is 0. The fourth-order valence-electron chi connectivity index (χ4n) is 4.30. The summed E-state index contributed by atoms with van der Waals surface area (Å²) in [5.41, 5.74) is 4.54. The van der Waals surface area contributed by atoms with Gasteiger partial charge in [-0.1, -0.05) is 37.3 Å². The third-order valence-electron chi connectivity index (χ3n) is 6.10. The topological polar surface area (TPSA) is 78.1 Å². The zero-order valence-corrected chi connectivity index (χ0v) is 18.3. The number of benzene rings is 2. The largest absolute Gasteiger partial charge is 0.348 e. The Morgan fingerprint density at radius 1 is 1.16 bits per heavy atom. The first-order valence-corrected chi connectivity index (χ1v) is 11.1. The van der Waals surface area contributed by atoms with Gasteiger partial charge in [-0.2, -0.15) is 0 Å². The van der Waals surface area contributed by atoms with Crippen LogP contribution in [-0.4, -0.2) is 33.9 Å². The number of likely N-dealkylation sites (N-methyl/N-ethyl adjacent to an activating group) is 1. The molecule has 0 saturated carbocycles. The van der Waals surface area contributed by atoms with Crippen LogP contribution in [0.5, 0.6) is 0 Å². The van der Waals surface area contributed by atoms with E-state index in [9.17, 15) is 9.59 Å². The molecule has 1 unspecified atom stereocenters. The Kier molecular flexibility index (Phi) is 6.47. The van der Waals surface area contributed by atoms with Crippen molar-refractivity contribution in [1.82, 2.24) is 20.2 Å². The molecule has 0 bridgehead atoms. The van der Waals surface area contributed by atoms with Gasteiger partial charge in [-0.15, -0.1) is 0 Å². The maximum absolute atomic E-state index is 12.7. The standard InChI is InChI=1S/C25H30N4O2/c1-3-29(15-23-27-22-11-7-6-10-21(22)25(31)28-23)16-24(30)26-17(2)19-13-12-18-8-4-5-9-20(18)14-19/h6-7,10-14,17H,3-5,8-9,15-16H2,1-2H3,(H,26,30)(H,27,28,31). The lowest BCUT2D eigenvalue weighted by atomic mass is 9.89. The van der Waals surface area contributed by atoms with E-state index in [1.54, 1.807) is 6.07 Å². The van der Waals surface area contributed by atoms with Crippen LogP contribution in [0.1, 0.15) is 55.2 Å². The minimum absolute atomic E-state index is 0.0322. The van der Waals surface area contributed by atoms with Crippen LogP contribution in [0.15, 0.2) is 47.3 Å². The highest BCUT2D eigenvalue weighted by atomic mass is 16.2. The van der Waals surface area contributed by atoms with E-state index in [2.05, 4.69) is 33.5 Å². The molecule has 6 nitrogen and oxygen atoms in total. The molecular weight excluding hydrogens is 388 g/mol. The number of carbonyl (C=O) groups excluding carboxylic acids is 1. The summed E-state index contributed by atoms with van der Waals surface area (Å²) >= 11 is 0. The van der Waals surface area contributed by atoms with E-state index >= 15 is 0 Å². The van der Waals surface area contributed by atoms with Crippen LogP contribution in [0.25, 0.3) is 10.9 Å². The normalized spacial score (nSPS) is 14.4. The number of amides is 1. The van der Waals surface area contributed by atoms with E-state index < -0.39 is 0 Å². The highest BCUT2D eigenvalue weighted by Gasteiger charge is 2.16. The average Bonchev–Trinajstić information content (AvgIpc) is 2.78. The van der Waals surface area contributed by atoms with Crippen molar-refractivity contribution in [2.24, 2.45) is 0 Å². The molecule has 162 valence electrons. The molecule has 1 aliphatic rings. The lowest BCUT2D eigenvalue weighted by molar-refractivity contribution is -0.123. The molecule has 3 aromatic rings. The fraction of sp³-hybridized carbons (Fsp3) is 0.400. The number of aromatic amines is 1. The Balaban J connectivity index is 1.39. The van der Waals surface area contributed by atoms with E-state index in [4.69, 9.17) is 0 Å². The second-order valence-electron chi connectivity index (χ2n) is 8.36. The van der Waals surface area contributed by atoms with Crippen molar-refractivity contribution in [2.45, 2.75) is 52.1 Å². The van der Waals surface area contributed by atoms with Gasteiger partial charge in [-0.25, -0.2) is 4.98 Å². The Labute approximate surface area is 182 Å². The van der Waals surface area contributed by atoms with Crippen LogP contribution < -0.4 is 10.9 Å². The molecule has 1 aliphatic carbocycles. The average molecular weight is 419 g/mol. The Morgan fingerprint density at radius 3 is 2.74 bits per heavy atom. The van der Waals surface area contributed by atoms with Gasteiger partial charge >= 0.3 is 0 Å². The van der Waals surface area contributed by atoms with Gasteiger partial charge in [-0.05, 0) is 68.0 Å². The lowest BCUT2D eigenvalue weighted by Gasteiger charge is -2.22. The molecule has 0 saturated heterocycles. The predicted octanol–water partition coefficient (Wildman–Crippen LogP) is 3.50. The SMILES string of the molecule is CCN(CC(=O)NC(C)c1ccc2c(c1)CCCC2)Cc1nc2ccccc2c(=O)[nH]1. The molecule has 6 heteroatoms. The van der Waals surface area contributed by atoms with Crippen molar-refractivity contribution < 1.29 is 4.79 Å². The van der Waals surface area contributed by atoms with Gasteiger partial charge < -0.3 is 10.3 Å². The summed E-state index contributed by atoms with van der Waals surface area (Å²) in [5.74, 6) is 0.538. The van der Waals surface area contributed by atoms with Crippen LogP contribution >= 0.6 is 0 Å². The molecule has 1 amide bonds. The number of fused-ring (bicyclic) bond motifs is 2. The molecule has 1 atom stereocenters. The van der Waals surface area contributed by atoms with Crippen molar-refractivity contribution in [3.05, 3.63) is 75.3 Å². The van der Waals surface area contributed by atoms with E-state index in [0.29, 0.717) is 29.8 Å². The number of hydrogen-bond acceptors (Lipinski definition) is 4. The summed E-state index contributed by atoms with van der Waals surface area (Å²) in [4.78, 5) is 34.4. The van der Waals surface area contributed by atoms with E-state index in [0.717, 1.165) is 18.4 Å². The number of nitrogens with zero attached hydrogens (tertiary/aromatic N) is 2. The molecule has 0 aliphatic heterocycles. The van der Waals surface area contributed by atoms with Gasteiger partial charge in [0.2, 0.25) is 5.91 Å². The Hall–Kier alpha value is -2.99. The number of hydrogen-bond donors (Lipinski definition) is 2. The van der Waals surface area contributed by atoms with Crippen LogP contribution in [0.4, 0.5) is 0 Å². The van der Waals surface area contributed by atoms with Crippen molar-refractivity contribution in [3.8, 4) is 0 Å². The van der Waals surface area contributed by atoms with Gasteiger partial charge in [-0.3, -0.25) is 14.5 Å². The molecule has 0 spiro atoms. The van der Waals surface area contributed by atoms with Gasteiger partial charge in [0.1, 0.15) is 5.82 Å². The van der Waals surface area contributed by atoms with Crippen LogP contribution in [0, 0.1) is 0 Å². The Morgan fingerprint density at radius 2 is 1.94 bits per heavy atom. The summed E-state index contributed by atoms with van der Waals surface area (Å²) in [6, 6.07) is 13.8. The maximum Gasteiger partial charge on any atom is 0.258 e. The highest BCUT2D eigenvalue weighted by molar-refractivity contribution is 5.78. The lowest BCUT2D eigenvalue weighted by Crippen LogP contribution is -2.38. The Bertz CT molecular complexity index is 1140. The summed E-state index contributed by atoms with van der Waals surface area (Å²) in [5, 5.41) is 3.70. The maximum atomic E-state index is 12.7. The van der Waals surface area contributed by atoms with Crippen molar-refractivity contribution in [3.63, 3.8) is 0 Å². The minimum atomic E-state index is -0.151. The second kappa shape index (κ2) is 9.43. The first kappa shape index (κ1) is 21.2. The molecule has 2 N–H and O–H groups in total. The molecule has 1 aromatic heterocycles. The number of carbonyl (C=O) groups is 1. The molecule has 4 rings (SSSR count). The van der Waals surface area contributed by atoms with Crippen LogP contribution in [0.3, 0.4) is 0 Å². The number of nitrogens with one attached hydrogen (secondary N) is 2. The second-order valence-corrected chi connectivity index (χ2v) is 8.36. The first-order chi connectivity index (χ1) is 15.0. The number of H-pyrrole nitrogens is 1. The molecule has 1 heterocycles. The highest BCUT2D eigenvalue weighted by Crippen LogP contribution is 2.24. The van der Waals surface area contributed by atoms with Gasteiger partial charge in [0.05, 0.1) is 30.0 Å². The fourth-order valence-corrected chi connectivity index (χ4v) is 4.30. The molecule has 31 heavy (non-hydrogen) atoms. The zero-order valence-electron chi connectivity index (χ0n) is 18.3. The predicted molar refractivity (Wildman–Crippen MR) is 123 cm³/mol. The quantitative estimate of drug-likeness (QED) is 0.616. The minimum Gasteiger partial charge on any atom is -0.348 e. The molecule has 2 aromatic carbocycles. The van der Waals surface area contributed by atoms with E-state index in [-0.39, 0.29) is 24.1 Å². The first-order valence-electron chi connectivity index (χ1n) is 11.1. The van der Waals surface area contributed by atoms with E-state index in [1.165, 1.54) is 24.0 Å². The van der Waals surface area contributed by atoms with Crippen LogP contribution in [0.2, 0.25) is 0 Å². The van der Waals surface area contributed by atoms with E-state index in [1.807, 2.05) is 36.9 Å².